The maximum Gasteiger partial charge on any atom is 0.204 e. The molecule has 5 nitrogen and oxygen atoms in total. The monoisotopic (exact) mass is 288 g/mol. The van der Waals surface area contributed by atoms with Gasteiger partial charge in [0.1, 0.15) is 5.75 Å². The molecule has 0 aliphatic heterocycles. The molecule has 1 unspecified atom stereocenters. The number of nitrogens with one attached hydrogen (secondary N) is 1. The molecule has 21 heavy (non-hydrogen) atoms. The number of benzene rings is 1. The third-order valence-electron chi connectivity index (χ3n) is 3.67. The topological polar surface area (TPSA) is 42.3 Å². The first-order chi connectivity index (χ1) is 10.0. The molecule has 5 heteroatoms. The minimum absolute atomic E-state index is 0.272. The summed E-state index contributed by atoms with van der Waals surface area (Å²) in [5.74, 6) is 1.84. The molecular weight excluding hydrogens is 264 g/mol. The van der Waals surface area contributed by atoms with Gasteiger partial charge < -0.3 is 19.5 Å². The van der Waals surface area contributed by atoms with Gasteiger partial charge in [-0.2, -0.15) is 0 Å². The van der Waals surface area contributed by atoms with Crippen molar-refractivity contribution in [1.82, 2.24) is 14.9 Å². The van der Waals surface area contributed by atoms with Crippen LogP contribution in [0.2, 0.25) is 0 Å². The Morgan fingerprint density at radius 1 is 1.29 bits per heavy atom. The van der Waals surface area contributed by atoms with Crippen molar-refractivity contribution in [3.63, 3.8) is 0 Å². The Kier molecular flexibility index (Phi) is 4.85. The van der Waals surface area contributed by atoms with E-state index in [1.165, 1.54) is 11.3 Å². The predicted octanol–water partition coefficient (Wildman–Crippen LogP) is 2.35. The van der Waals surface area contributed by atoms with E-state index in [9.17, 15) is 0 Å². The van der Waals surface area contributed by atoms with E-state index in [-0.39, 0.29) is 6.04 Å². The number of aromatic nitrogens is 2. The zero-order valence-electron chi connectivity index (χ0n) is 13.4. The van der Waals surface area contributed by atoms with Crippen LogP contribution in [0.5, 0.6) is 5.75 Å². The maximum absolute atomic E-state index is 5.18. The van der Waals surface area contributed by atoms with Crippen molar-refractivity contribution in [2.24, 2.45) is 7.05 Å². The molecule has 0 radical (unpaired) electrons. The number of hydrogen-bond donors (Lipinski definition) is 1. The molecular formula is C16H24N4O. The van der Waals surface area contributed by atoms with Crippen molar-refractivity contribution < 1.29 is 4.74 Å². The fourth-order valence-electron chi connectivity index (χ4n) is 2.28. The van der Waals surface area contributed by atoms with E-state index < -0.39 is 0 Å². The summed E-state index contributed by atoms with van der Waals surface area (Å²) < 4.78 is 7.29. The third-order valence-corrected chi connectivity index (χ3v) is 3.67. The lowest BCUT2D eigenvalue weighted by molar-refractivity contribution is 0.414. The van der Waals surface area contributed by atoms with Crippen LogP contribution in [0.25, 0.3) is 0 Å². The summed E-state index contributed by atoms with van der Waals surface area (Å²) in [6.07, 6.45) is 1.92. The van der Waals surface area contributed by atoms with E-state index in [1.54, 1.807) is 7.11 Å². The Morgan fingerprint density at radius 3 is 2.48 bits per heavy atom. The molecule has 1 aromatic heterocycles. The summed E-state index contributed by atoms with van der Waals surface area (Å²) in [6.45, 7) is 2.94. The van der Waals surface area contributed by atoms with Crippen LogP contribution in [0.15, 0.2) is 30.5 Å². The fourth-order valence-corrected chi connectivity index (χ4v) is 2.28. The van der Waals surface area contributed by atoms with Gasteiger partial charge >= 0.3 is 0 Å². The van der Waals surface area contributed by atoms with Crippen molar-refractivity contribution in [2.45, 2.75) is 19.5 Å². The lowest BCUT2D eigenvalue weighted by Gasteiger charge is -2.16. The standard InChI is InChI=1S/C16H24N4O/c1-12(13-6-8-15(21-5)9-7-13)17-10-14-11-18-16(19(2)3)20(14)4/h6-9,11-12,17H,10H2,1-5H3. The molecule has 0 amide bonds. The number of nitrogens with zero attached hydrogens (tertiary/aromatic N) is 3. The van der Waals surface area contributed by atoms with Gasteiger partial charge in [-0.3, -0.25) is 0 Å². The molecule has 1 heterocycles. The number of rotatable bonds is 6. The van der Waals surface area contributed by atoms with E-state index >= 15 is 0 Å². The molecule has 2 aromatic rings. The quantitative estimate of drug-likeness (QED) is 0.886. The largest absolute Gasteiger partial charge is 0.497 e. The first kappa shape index (κ1) is 15.4. The van der Waals surface area contributed by atoms with Crippen LogP contribution in [0.4, 0.5) is 5.95 Å². The number of methoxy groups -OCH3 is 1. The van der Waals surface area contributed by atoms with Crippen LogP contribution in [0.1, 0.15) is 24.2 Å². The van der Waals surface area contributed by atoms with Crippen LogP contribution in [-0.2, 0) is 13.6 Å². The van der Waals surface area contributed by atoms with Crippen molar-refractivity contribution in [1.29, 1.82) is 0 Å². The summed E-state index contributed by atoms with van der Waals surface area (Å²) in [5.41, 5.74) is 2.41. The summed E-state index contributed by atoms with van der Waals surface area (Å²) in [6, 6.07) is 8.42. The van der Waals surface area contributed by atoms with Crippen LogP contribution >= 0.6 is 0 Å². The van der Waals surface area contributed by atoms with Gasteiger partial charge in [0, 0.05) is 33.7 Å². The van der Waals surface area contributed by atoms with Gasteiger partial charge in [-0.1, -0.05) is 12.1 Å². The average molecular weight is 288 g/mol. The molecule has 0 saturated carbocycles. The third kappa shape index (κ3) is 3.55. The van der Waals surface area contributed by atoms with E-state index in [2.05, 4.69) is 33.9 Å². The van der Waals surface area contributed by atoms with Crippen molar-refractivity contribution in [3.8, 4) is 5.75 Å². The molecule has 0 aliphatic rings. The smallest absolute Gasteiger partial charge is 0.204 e. The van der Waals surface area contributed by atoms with Crippen LogP contribution in [0.3, 0.4) is 0 Å². The normalized spacial score (nSPS) is 12.2. The summed E-state index contributed by atoms with van der Waals surface area (Å²) >= 11 is 0. The summed E-state index contributed by atoms with van der Waals surface area (Å²) in [4.78, 5) is 6.43. The zero-order chi connectivity index (χ0) is 15.4. The van der Waals surface area contributed by atoms with Crippen molar-refractivity contribution in [2.75, 3.05) is 26.1 Å². The van der Waals surface area contributed by atoms with E-state index in [0.717, 1.165) is 18.2 Å². The van der Waals surface area contributed by atoms with Crippen LogP contribution < -0.4 is 15.0 Å². The molecule has 1 N–H and O–H groups in total. The predicted molar refractivity (Wildman–Crippen MR) is 85.8 cm³/mol. The molecule has 0 fully saturated rings. The lowest BCUT2D eigenvalue weighted by Crippen LogP contribution is -2.20. The van der Waals surface area contributed by atoms with Crippen molar-refractivity contribution >= 4 is 5.95 Å². The Hall–Kier alpha value is -2.01. The Balaban J connectivity index is 1.98. The Labute approximate surface area is 126 Å². The average Bonchev–Trinajstić information content (AvgIpc) is 2.86. The highest BCUT2D eigenvalue weighted by Gasteiger charge is 2.10. The van der Waals surface area contributed by atoms with Gasteiger partial charge in [0.25, 0.3) is 0 Å². The second kappa shape index (κ2) is 6.63. The number of ether oxygens (including phenoxy) is 1. The van der Waals surface area contributed by atoms with Crippen LogP contribution in [0, 0.1) is 0 Å². The molecule has 0 bridgehead atoms. The molecule has 2 rings (SSSR count). The second-order valence-electron chi connectivity index (χ2n) is 5.38. The lowest BCUT2D eigenvalue weighted by atomic mass is 10.1. The van der Waals surface area contributed by atoms with Gasteiger partial charge in [0.05, 0.1) is 19.0 Å². The summed E-state index contributed by atoms with van der Waals surface area (Å²) in [7, 11) is 7.72. The van der Waals surface area contributed by atoms with Gasteiger partial charge in [0.15, 0.2) is 0 Å². The van der Waals surface area contributed by atoms with Gasteiger partial charge in [0.2, 0.25) is 5.95 Å². The van der Waals surface area contributed by atoms with Crippen molar-refractivity contribution in [3.05, 3.63) is 41.7 Å². The van der Waals surface area contributed by atoms with Gasteiger partial charge in [-0.15, -0.1) is 0 Å². The van der Waals surface area contributed by atoms with E-state index in [0.29, 0.717) is 0 Å². The Bertz CT molecular complexity index is 574. The first-order valence-corrected chi connectivity index (χ1v) is 7.08. The zero-order valence-corrected chi connectivity index (χ0v) is 13.4. The van der Waals surface area contributed by atoms with Gasteiger partial charge in [-0.25, -0.2) is 4.98 Å². The molecule has 114 valence electrons. The Morgan fingerprint density at radius 2 is 1.95 bits per heavy atom. The first-order valence-electron chi connectivity index (χ1n) is 7.08. The molecule has 1 atom stereocenters. The number of imidazole rings is 1. The minimum Gasteiger partial charge on any atom is -0.497 e. The molecule has 1 aromatic carbocycles. The number of anilines is 1. The highest BCUT2D eigenvalue weighted by molar-refractivity contribution is 5.31. The second-order valence-corrected chi connectivity index (χ2v) is 5.38. The molecule has 0 saturated heterocycles. The molecule has 0 spiro atoms. The summed E-state index contributed by atoms with van der Waals surface area (Å²) in [5, 5.41) is 3.53. The van der Waals surface area contributed by atoms with Crippen LogP contribution in [-0.4, -0.2) is 30.8 Å². The highest BCUT2D eigenvalue weighted by atomic mass is 16.5. The minimum atomic E-state index is 0.272. The van der Waals surface area contributed by atoms with Gasteiger partial charge in [-0.05, 0) is 24.6 Å². The molecule has 0 aliphatic carbocycles. The van der Waals surface area contributed by atoms with E-state index in [4.69, 9.17) is 4.74 Å². The SMILES string of the molecule is COc1ccc(C(C)NCc2cnc(N(C)C)n2C)cc1. The fraction of sp³-hybridized carbons (Fsp3) is 0.438. The van der Waals surface area contributed by atoms with E-state index in [1.807, 2.05) is 44.4 Å². The number of hydrogen-bond acceptors (Lipinski definition) is 4. The highest BCUT2D eigenvalue weighted by Crippen LogP contribution is 2.18. The maximum atomic E-state index is 5.18.